The minimum atomic E-state index is -1.27. The Balaban J connectivity index is 1.62. The van der Waals surface area contributed by atoms with Crippen molar-refractivity contribution in [1.82, 2.24) is 24.3 Å². The number of nitrogens with zero attached hydrogens (tertiary/aromatic N) is 4. The number of H-pyrrole nitrogens is 1. The molecular formula is C20H22F2N6. The monoisotopic (exact) mass is 384 g/mol. The van der Waals surface area contributed by atoms with Gasteiger partial charge < -0.3 is 14.7 Å². The molecule has 146 valence electrons. The molecule has 0 aliphatic rings. The fourth-order valence-electron chi connectivity index (χ4n) is 3.44. The quantitative estimate of drug-likeness (QED) is 0.483. The molecule has 1 atom stereocenters. The van der Waals surface area contributed by atoms with Gasteiger partial charge in [0.1, 0.15) is 11.3 Å². The molecule has 0 aliphatic carbocycles. The molecule has 4 heterocycles. The highest BCUT2D eigenvalue weighted by Gasteiger charge is 2.26. The standard InChI is InChI=1S/C20H22F2N6/c1-3-5-20(22,4-2)12-26-19-25-10-15-14(9-24-17(15)27-19)13-8-16(21)18-23-6-7-28(18)11-13/h6-11H,3-5,12H2,1-2H3,(H2,24,25,26,27). The normalized spacial score (nSPS) is 13.9. The van der Waals surface area contributed by atoms with Crippen LogP contribution in [0.3, 0.4) is 0 Å². The van der Waals surface area contributed by atoms with Crippen molar-refractivity contribution in [2.75, 3.05) is 11.9 Å². The van der Waals surface area contributed by atoms with Gasteiger partial charge in [-0.25, -0.2) is 18.7 Å². The maximum Gasteiger partial charge on any atom is 0.224 e. The Labute approximate surface area is 161 Å². The lowest BCUT2D eigenvalue weighted by Crippen LogP contribution is -2.31. The van der Waals surface area contributed by atoms with Crippen molar-refractivity contribution in [2.45, 2.75) is 38.8 Å². The van der Waals surface area contributed by atoms with Crippen LogP contribution in [0.5, 0.6) is 0 Å². The number of hydrogen-bond donors (Lipinski definition) is 2. The van der Waals surface area contributed by atoms with Crippen LogP contribution in [0.25, 0.3) is 27.8 Å². The van der Waals surface area contributed by atoms with Gasteiger partial charge in [0.15, 0.2) is 11.5 Å². The first-order valence-corrected chi connectivity index (χ1v) is 9.42. The van der Waals surface area contributed by atoms with Crippen LogP contribution in [-0.2, 0) is 0 Å². The molecular weight excluding hydrogens is 362 g/mol. The lowest BCUT2D eigenvalue weighted by Gasteiger charge is -2.23. The number of halogens is 2. The van der Waals surface area contributed by atoms with E-state index in [1.807, 2.05) is 20.0 Å². The van der Waals surface area contributed by atoms with Crippen LogP contribution in [0.4, 0.5) is 14.7 Å². The number of imidazole rings is 1. The molecule has 28 heavy (non-hydrogen) atoms. The number of rotatable bonds is 7. The average Bonchev–Trinajstić information content (AvgIpc) is 3.33. The lowest BCUT2D eigenvalue weighted by molar-refractivity contribution is 0.158. The van der Waals surface area contributed by atoms with E-state index in [-0.39, 0.29) is 12.2 Å². The molecule has 0 aliphatic heterocycles. The molecule has 2 N–H and O–H groups in total. The first kappa shape index (κ1) is 18.3. The molecule has 1 unspecified atom stereocenters. The van der Waals surface area contributed by atoms with Crippen molar-refractivity contribution in [3.8, 4) is 11.1 Å². The average molecular weight is 384 g/mol. The minimum Gasteiger partial charge on any atom is -0.351 e. The van der Waals surface area contributed by atoms with E-state index in [0.717, 1.165) is 17.4 Å². The Morgan fingerprint density at radius 1 is 1.29 bits per heavy atom. The molecule has 6 nitrogen and oxygen atoms in total. The fourth-order valence-corrected chi connectivity index (χ4v) is 3.44. The topological polar surface area (TPSA) is 70.9 Å². The summed E-state index contributed by atoms with van der Waals surface area (Å²) in [5.74, 6) is -0.0328. The maximum absolute atomic E-state index is 14.7. The van der Waals surface area contributed by atoms with Crippen molar-refractivity contribution in [2.24, 2.45) is 0 Å². The van der Waals surface area contributed by atoms with Gasteiger partial charge in [0.05, 0.1) is 6.54 Å². The number of fused-ring (bicyclic) bond motifs is 2. The molecule has 4 rings (SSSR count). The zero-order chi connectivity index (χ0) is 19.7. The maximum atomic E-state index is 14.7. The van der Waals surface area contributed by atoms with E-state index in [1.165, 1.54) is 6.07 Å². The summed E-state index contributed by atoms with van der Waals surface area (Å²) in [4.78, 5) is 15.8. The molecule has 8 heteroatoms. The smallest absolute Gasteiger partial charge is 0.224 e. The van der Waals surface area contributed by atoms with Crippen molar-refractivity contribution in [1.29, 1.82) is 0 Å². The van der Waals surface area contributed by atoms with Crippen molar-refractivity contribution in [3.05, 3.63) is 42.9 Å². The van der Waals surface area contributed by atoms with Gasteiger partial charge in [-0.05, 0) is 18.9 Å². The first-order valence-electron chi connectivity index (χ1n) is 9.42. The predicted octanol–water partition coefficient (Wildman–Crippen LogP) is 4.74. The van der Waals surface area contributed by atoms with Crippen LogP contribution in [0.15, 0.2) is 37.1 Å². The molecule has 0 saturated heterocycles. The van der Waals surface area contributed by atoms with Gasteiger partial charge in [-0.15, -0.1) is 0 Å². The van der Waals surface area contributed by atoms with E-state index >= 15 is 0 Å². The molecule has 4 aromatic rings. The van der Waals surface area contributed by atoms with Crippen molar-refractivity contribution >= 4 is 22.6 Å². The van der Waals surface area contributed by atoms with E-state index < -0.39 is 11.5 Å². The summed E-state index contributed by atoms with van der Waals surface area (Å²) < 4.78 is 30.6. The highest BCUT2D eigenvalue weighted by atomic mass is 19.1. The molecule has 0 radical (unpaired) electrons. The SMILES string of the molecule is CCCC(F)(CC)CNc1ncc2c(-c3cc(F)c4nccn4c3)c[nH]c2n1. The Hall–Kier alpha value is -3.03. The van der Waals surface area contributed by atoms with Gasteiger partial charge in [-0.2, -0.15) is 4.98 Å². The highest BCUT2D eigenvalue weighted by Crippen LogP contribution is 2.29. The number of nitrogens with one attached hydrogen (secondary N) is 2. The zero-order valence-corrected chi connectivity index (χ0v) is 15.8. The molecule has 0 saturated carbocycles. The van der Waals surface area contributed by atoms with Gasteiger partial charge in [-0.3, -0.25) is 0 Å². The molecule has 4 aromatic heterocycles. The molecule has 0 bridgehead atoms. The summed E-state index contributed by atoms with van der Waals surface area (Å²) in [7, 11) is 0. The summed E-state index contributed by atoms with van der Waals surface area (Å²) in [5, 5.41) is 3.77. The third-order valence-corrected chi connectivity index (χ3v) is 5.08. The Bertz CT molecular complexity index is 1120. The third kappa shape index (κ3) is 3.30. The minimum absolute atomic E-state index is 0.166. The van der Waals surface area contributed by atoms with Gasteiger partial charge >= 0.3 is 0 Å². The summed E-state index contributed by atoms with van der Waals surface area (Å²) in [6.45, 7) is 3.98. The Morgan fingerprint density at radius 3 is 2.93 bits per heavy atom. The Kier molecular flexibility index (Phi) is 4.70. The fraction of sp³-hybridized carbons (Fsp3) is 0.350. The number of aromatic amines is 1. The molecule has 0 amide bonds. The second-order valence-corrected chi connectivity index (χ2v) is 7.00. The van der Waals surface area contributed by atoms with Crippen LogP contribution in [-0.4, -0.2) is 36.6 Å². The summed E-state index contributed by atoms with van der Waals surface area (Å²) in [5.41, 5.74) is 1.09. The van der Waals surface area contributed by atoms with E-state index in [2.05, 4.69) is 25.3 Å². The second kappa shape index (κ2) is 7.18. The lowest BCUT2D eigenvalue weighted by atomic mass is 9.97. The van der Waals surface area contributed by atoms with E-state index in [9.17, 15) is 8.78 Å². The van der Waals surface area contributed by atoms with Gasteiger partial charge in [0.25, 0.3) is 0 Å². The third-order valence-electron chi connectivity index (χ3n) is 5.08. The van der Waals surface area contributed by atoms with Crippen LogP contribution in [0.1, 0.15) is 33.1 Å². The van der Waals surface area contributed by atoms with Crippen molar-refractivity contribution < 1.29 is 8.78 Å². The van der Waals surface area contributed by atoms with E-state index in [1.54, 1.807) is 29.2 Å². The summed E-state index contributed by atoms with van der Waals surface area (Å²) in [6.07, 6.45) is 10.2. The van der Waals surface area contributed by atoms with Crippen molar-refractivity contribution in [3.63, 3.8) is 0 Å². The first-order chi connectivity index (χ1) is 13.5. The second-order valence-electron chi connectivity index (χ2n) is 7.00. The summed E-state index contributed by atoms with van der Waals surface area (Å²) >= 11 is 0. The number of anilines is 1. The summed E-state index contributed by atoms with van der Waals surface area (Å²) in [6, 6.07) is 1.44. The van der Waals surface area contributed by atoms with Gasteiger partial charge in [0, 0.05) is 47.5 Å². The van der Waals surface area contributed by atoms with Gasteiger partial charge in [0.2, 0.25) is 5.95 Å². The predicted molar refractivity (Wildman–Crippen MR) is 106 cm³/mol. The van der Waals surface area contributed by atoms with Crippen LogP contribution >= 0.6 is 0 Å². The number of pyridine rings is 1. The van der Waals surface area contributed by atoms with E-state index in [0.29, 0.717) is 30.0 Å². The number of hydrogen-bond acceptors (Lipinski definition) is 4. The largest absolute Gasteiger partial charge is 0.351 e. The molecule has 0 spiro atoms. The molecule has 0 aromatic carbocycles. The van der Waals surface area contributed by atoms with Gasteiger partial charge in [-0.1, -0.05) is 20.3 Å². The molecule has 0 fully saturated rings. The van der Waals surface area contributed by atoms with Crippen LogP contribution < -0.4 is 5.32 Å². The zero-order valence-electron chi connectivity index (χ0n) is 15.8. The van der Waals surface area contributed by atoms with Crippen LogP contribution in [0, 0.1) is 5.82 Å². The highest BCUT2D eigenvalue weighted by molar-refractivity contribution is 5.93. The Morgan fingerprint density at radius 2 is 2.14 bits per heavy atom. The number of aromatic nitrogens is 5. The van der Waals surface area contributed by atoms with E-state index in [4.69, 9.17) is 0 Å². The van der Waals surface area contributed by atoms with Crippen LogP contribution in [0.2, 0.25) is 0 Å². The number of alkyl halides is 1.